The van der Waals surface area contributed by atoms with Crippen LogP contribution in [0.5, 0.6) is 5.75 Å². The number of hydrogen-bond acceptors (Lipinski definition) is 5. The van der Waals surface area contributed by atoms with E-state index in [9.17, 15) is 9.59 Å². The molecule has 1 aromatic carbocycles. The van der Waals surface area contributed by atoms with E-state index in [0.29, 0.717) is 43.4 Å². The van der Waals surface area contributed by atoms with Gasteiger partial charge in [-0.15, -0.1) is 0 Å². The molecule has 0 saturated carbocycles. The van der Waals surface area contributed by atoms with Crippen LogP contribution in [-0.4, -0.2) is 44.1 Å². The van der Waals surface area contributed by atoms with Crippen molar-refractivity contribution in [1.82, 2.24) is 25.0 Å². The predicted octanol–water partition coefficient (Wildman–Crippen LogP) is 3.22. The second-order valence-electron chi connectivity index (χ2n) is 8.98. The molecule has 8 heteroatoms. The average Bonchev–Trinajstić information content (AvgIpc) is 3.20. The molecule has 1 N–H and O–H groups in total. The zero-order valence-corrected chi connectivity index (χ0v) is 19.9. The number of carbonyl (C=O) groups excluding carboxylic acids is 2. The highest BCUT2D eigenvalue weighted by Gasteiger charge is 2.32. The largest absolute Gasteiger partial charge is 0.481 e. The second kappa shape index (κ2) is 10.5. The summed E-state index contributed by atoms with van der Waals surface area (Å²) in [7, 11) is 0. The SMILES string of the molecule is CC(C)Cn1nc(C(=O)NCc2cccnc2)c2c1CCN(C(=O)[C@@H](C)Oc1ccccc1)C2. The van der Waals surface area contributed by atoms with Gasteiger partial charge in [-0.3, -0.25) is 19.3 Å². The summed E-state index contributed by atoms with van der Waals surface area (Å²) in [6, 6.07) is 13.1. The van der Waals surface area contributed by atoms with E-state index in [2.05, 4.69) is 29.2 Å². The molecular weight excluding hydrogens is 430 g/mol. The van der Waals surface area contributed by atoms with Gasteiger partial charge < -0.3 is 15.0 Å². The summed E-state index contributed by atoms with van der Waals surface area (Å²) in [6.45, 7) is 7.99. The molecule has 0 unspecified atom stereocenters. The zero-order chi connectivity index (χ0) is 24.1. The van der Waals surface area contributed by atoms with Gasteiger partial charge in [0.05, 0.1) is 0 Å². The minimum atomic E-state index is -0.627. The molecule has 4 rings (SSSR count). The van der Waals surface area contributed by atoms with E-state index in [1.165, 1.54) is 0 Å². The molecule has 0 bridgehead atoms. The number of para-hydroxylation sites is 1. The van der Waals surface area contributed by atoms with Crippen molar-refractivity contribution >= 4 is 11.8 Å². The maximum atomic E-state index is 13.2. The Morgan fingerprint density at radius 2 is 1.91 bits per heavy atom. The normalized spacial score (nSPS) is 13.9. The van der Waals surface area contributed by atoms with Crippen LogP contribution in [-0.2, 0) is 30.8 Å². The van der Waals surface area contributed by atoms with Crippen molar-refractivity contribution in [2.75, 3.05) is 6.54 Å². The van der Waals surface area contributed by atoms with Crippen molar-refractivity contribution in [3.05, 3.63) is 77.4 Å². The quantitative estimate of drug-likeness (QED) is 0.556. The highest BCUT2D eigenvalue weighted by atomic mass is 16.5. The number of hydrogen-bond donors (Lipinski definition) is 1. The summed E-state index contributed by atoms with van der Waals surface area (Å²) < 4.78 is 7.78. The summed E-state index contributed by atoms with van der Waals surface area (Å²) >= 11 is 0. The summed E-state index contributed by atoms with van der Waals surface area (Å²) in [5.41, 5.74) is 3.14. The van der Waals surface area contributed by atoms with Crippen LogP contribution in [0.4, 0.5) is 0 Å². The lowest BCUT2D eigenvalue weighted by Gasteiger charge is -2.30. The molecular formula is C26H31N5O3. The number of fused-ring (bicyclic) bond motifs is 1. The highest BCUT2D eigenvalue weighted by molar-refractivity contribution is 5.94. The molecule has 34 heavy (non-hydrogen) atoms. The Balaban J connectivity index is 1.52. The third-order valence-corrected chi connectivity index (χ3v) is 5.78. The lowest BCUT2D eigenvalue weighted by Crippen LogP contribution is -2.43. The van der Waals surface area contributed by atoms with Crippen molar-refractivity contribution in [2.45, 2.75) is 52.9 Å². The van der Waals surface area contributed by atoms with Gasteiger partial charge in [0.25, 0.3) is 11.8 Å². The molecule has 0 saturated heterocycles. The van der Waals surface area contributed by atoms with Gasteiger partial charge in [0, 0.05) is 56.3 Å². The maximum Gasteiger partial charge on any atom is 0.272 e. The summed E-state index contributed by atoms with van der Waals surface area (Å²) in [4.78, 5) is 32.1. The van der Waals surface area contributed by atoms with Crippen molar-refractivity contribution in [2.24, 2.45) is 5.92 Å². The van der Waals surface area contributed by atoms with Crippen molar-refractivity contribution in [3.8, 4) is 5.75 Å². The van der Waals surface area contributed by atoms with Crippen molar-refractivity contribution < 1.29 is 14.3 Å². The number of nitrogens with zero attached hydrogens (tertiary/aromatic N) is 4. The van der Waals surface area contributed by atoms with Crippen molar-refractivity contribution in [1.29, 1.82) is 0 Å². The van der Waals surface area contributed by atoms with Gasteiger partial charge in [0.2, 0.25) is 0 Å². The van der Waals surface area contributed by atoms with Crippen LogP contribution in [0.3, 0.4) is 0 Å². The first-order valence-corrected chi connectivity index (χ1v) is 11.7. The minimum Gasteiger partial charge on any atom is -0.481 e. The molecule has 3 aromatic rings. The van der Waals surface area contributed by atoms with E-state index in [4.69, 9.17) is 4.74 Å². The van der Waals surface area contributed by atoms with Gasteiger partial charge in [-0.05, 0) is 36.6 Å². The van der Waals surface area contributed by atoms with Gasteiger partial charge in [-0.1, -0.05) is 38.1 Å². The van der Waals surface area contributed by atoms with Gasteiger partial charge in [0.15, 0.2) is 11.8 Å². The number of nitrogens with one attached hydrogen (secondary N) is 1. The molecule has 2 aromatic heterocycles. The van der Waals surface area contributed by atoms with Crippen LogP contribution in [0.25, 0.3) is 0 Å². The van der Waals surface area contributed by atoms with Crippen LogP contribution in [0.1, 0.15) is 48.1 Å². The molecule has 8 nitrogen and oxygen atoms in total. The lowest BCUT2D eigenvalue weighted by atomic mass is 10.0. The Bertz CT molecular complexity index is 1130. The van der Waals surface area contributed by atoms with E-state index in [-0.39, 0.29) is 11.8 Å². The molecule has 0 aliphatic carbocycles. The van der Waals surface area contributed by atoms with Gasteiger partial charge in [0.1, 0.15) is 5.75 Å². The van der Waals surface area contributed by atoms with Crippen LogP contribution in [0, 0.1) is 5.92 Å². The zero-order valence-electron chi connectivity index (χ0n) is 19.9. The third kappa shape index (κ3) is 5.44. The first-order valence-electron chi connectivity index (χ1n) is 11.7. The van der Waals surface area contributed by atoms with E-state index in [1.807, 2.05) is 47.1 Å². The monoisotopic (exact) mass is 461 g/mol. The summed E-state index contributed by atoms with van der Waals surface area (Å²) in [5.74, 6) is 0.689. The van der Waals surface area contributed by atoms with Gasteiger partial charge >= 0.3 is 0 Å². The first kappa shape index (κ1) is 23.5. The number of pyridine rings is 1. The summed E-state index contributed by atoms with van der Waals surface area (Å²) in [5, 5.41) is 7.62. The molecule has 178 valence electrons. The Hall–Kier alpha value is -3.68. The third-order valence-electron chi connectivity index (χ3n) is 5.78. The predicted molar refractivity (Wildman–Crippen MR) is 128 cm³/mol. The smallest absolute Gasteiger partial charge is 0.272 e. The van der Waals surface area contributed by atoms with E-state index < -0.39 is 6.10 Å². The van der Waals surface area contributed by atoms with Crippen LogP contribution in [0.2, 0.25) is 0 Å². The topological polar surface area (TPSA) is 89.4 Å². The van der Waals surface area contributed by atoms with Crippen LogP contribution >= 0.6 is 0 Å². The number of rotatable bonds is 8. The Kier molecular flexibility index (Phi) is 7.25. The number of ether oxygens (including phenoxy) is 1. The molecule has 3 heterocycles. The van der Waals surface area contributed by atoms with Crippen molar-refractivity contribution in [3.63, 3.8) is 0 Å². The fourth-order valence-corrected chi connectivity index (χ4v) is 4.14. The van der Waals surface area contributed by atoms with Gasteiger partial charge in [-0.2, -0.15) is 5.10 Å². The number of aromatic nitrogens is 3. The molecule has 0 spiro atoms. The molecule has 1 aliphatic heterocycles. The molecule has 1 aliphatic rings. The van der Waals surface area contributed by atoms with E-state index in [0.717, 1.165) is 23.4 Å². The maximum absolute atomic E-state index is 13.2. The Morgan fingerprint density at radius 1 is 1.12 bits per heavy atom. The molecule has 0 fully saturated rings. The van der Waals surface area contributed by atoms with Crippen LogP contribution in [0.15, 0.2) is 54.9 Å². The molecule has 2 amide bonds. The standard InChI is InChI=1S/C26H31N5O3/c1-18(2)16-31-23-11-13-30(26(33)19(3)34-21-9-5-4-6-10-21)17-22(23)24(29-31)25(32)28-15-20-8-7-12-27-14-20/h4-10,12,14,18-19H,11,13,15-17H2,1-3H3,(H,28,32)/t19-/m1/s1. The summed E-state index contributed by atoms with van der Waals surface area (Å²) in [6.07, 6.45) is 3.44. The molecule has 0 radical (unpaired) electrons. The number of carbonyl (C=O) groups is 2. The van der Waals surface area contributed by atoms with E-state index >= 15 is 0 Å². The molecule has 1 atom stereocenters. The van der Waals surface area contributed by atoms with Crippen LogP contribution < -0.4 is 10.1 Å². The number of benzene rings is 1. The fraction of sp³-hybridized carbons (Fsp3) is 0.385. The highest BCUT2D eigenvalue weighted by Crippen LogP contribution is 2.25. The number of amides is 2. The first-order chi connectivity index (χ1) is 16.4. The van der Waals surface area contributed by atoms with E-state index in [1.54, 1.807) is 24.2 Å². The Labute approximate surface area is 199 Å². The average molecular weight is 462 g/mol. The minimum absolute atomic E-state index is 0.104. The van der Waals surface area contributed by atoms with Gasteiger partial charge in [-0.25, -0.2) is 0 Å². The lowest BCUT2D eigenvalue weighted by molar-refractivity contribution is -0.138. The Morgan fingerprint density at radius 3 is 2.62 bits per heavy atom. The second-order valence-corrected chi connectivity index (χ2v) is 8.98. The fourth-order valence-electron chi connectivity index (χ4n) is 4.14.